The maximum Gasteiger partial charge on any atom is 0.338 e. The summed E-state index contributed by atoms with van der Waals surface area (Å²) >= 11 is 1.65. The zero-order valence-electron chi connectivity index (χ0n) is 18.6. The molecule has 7 nitrogen and oxygen atoms in total. The molecule has 0 radical (unpaired) electrons. The third kappa shape index (κ3) is 6.66. The standard InChI is InChI=1S/C25H25NO6S/c1-29-21-7-5-4-6-20(21)26-24(27)16-31-22-13-10-18(14-23(22)30-2)25(28)32-15-17-8-11-19(33-3)12-9-17/h4-14H,15-16H2,1-3H3,(H,26,27). The molecule has 0 bridgehead atoms. The highest BCUT2D eigenvalue weighted by Gasteiger charge is 2.14. The third-order valence-electron chi connectivity index (χ3n) is 4.67. The number of anilines is 1. The normalized spacial score (nSPS) is 10.3. The van der Waals surface area contributed by atoms with Gasteiger partial charge >= 0.3 is 5.97 Å². The SMILES string of the molecule is COc1ccccc1NC(=O)COc1ccc(C(=O)OCc2ccc(SC)cc2)cc1OC. The predicted molar refractivity (Wildman–Crippen MR) is 127 cm³/mol. The van der Waals surface area contributed by atoms with Gasteiger partial charge in [0, 0.05) is 4.90 Å². The Labute approximate surface area is 197 Å². The Balaban J connectivity index is 1.58. The largest absolute Gasteiger partial charge is 0.495 e. The minimum Gasteiger partial charge on any atom is -0.495 e. The number of ether oxygens (including phenoxy) is 4. The summed E-state index contributed by atoms with van der Waals surface area (Å²) in [5.41, 5.74) is 1.76. The van der Waals surface area contributed by atoms with Crippen molar-refractivity contribution in [2.45, 2.75) is 11.5 Å². The Morgan fingerprint density at radius 1 is 0.879 bits per heavy atom. The third-order valence-corrected chi connectivity index (χ3v) is 5.41. The zero-order chi connectivity index (χ0) is 23.6. The number of esters is 1. The van der Waals surface area contributed by atoms with Crippen LogP contribution in [-0.4, -0.2) is 39.0 Å². The lowest BCUT2D eigenvalue weighted by Gasteiger charge is -2.13. The Bertz CT molecular complexity index is 1100. The van der Waals surface area contributed by atoms with E-state index < -0.39 is 5.97 Å². The second kappa shape index (κ2) is 11.8. The van der Waals surface area contributed by atoms with Crippen LogP contribution in [0.15, 0.2) is 71.6 Å². The molecule has 0 saturated carbocycles. The van der Waals surface area contributed by atoms with Gasteiger partial charge < -0.3 is 24.3 Å². The van der Waals surface area contributed by atoms with Crippen LogP contribution >= 0.6 is 11.8 Å². The highest BCUT2D eigenvalue weighted by molar-refractivity contribution is 7.98. The molecule has 0 spiro atoms. The molecule has 0 heterocycles. The number of amides is 1. The molecule has 3 aromatic carbocycles. The lowest BCUT2D eigenvalue weighted by molar-refractivity contribution is -0.118. The Kier molecular flexibility index (Phi) is 8.60. The van der Waals surface area contributed by atoms with E-state index in [4.69, 9.17) is 18.9 Å². The molecule has 0 fully saturated rings. The number of nitrogens with one attached hydrogen (secondary N) is 1. The van der Waals surface area contributed by atoms with Crippen molar-refractivity contribution in [2.75, 3.05) is 32.4 Å². The number of carbonyl (C=O) groups is 2. The molecule has 1 N–H and O–H groups in total. The molecule has 3 aromatic rings. The first-order valence-corrected chi connectivity index (χ1v) is 11.3. The van der Waals surface area contributed by atoms with Crippen molar-refractivity contribution in [3.8, 4) is 17.2 Å². The van der Waals surface area contributed by atoms with Gasteiger partial charge in [-0.1, -0.05) is 24.3 Å². The van der Waals surface area contributed by atoms with Gasteiger partial charge in [0.15, 0.2) is 18.1 Å². The monoisotopic (exact) mass is 467 g/mol. The van der Waals surface area contributed by atoms with Gasteiger partial charge in [-0.05, 0) is 54.3 Å². The summed E-state index contributed by atoms with van der Waals surface area (Å²) in [4.78, 5) is 25.9. The van der Waals surface area contributed by atoms with Crippen molar-refractivity contribution >= 4 is 29.3 Å². The number of methoxy groups -OCH3 is 2. The van der Waals surface area contributed by atoms with E-state index in [-0.39, 0.29) is 19.1 Å². The van der Waals surface area contributed by atoms with Gasteiger partial charge in [0.25, 0.3) is 5.91 Å². The summed E-state index contributed by atoms with van der Waals surface area (Å²) in [6, 6.07) is 19.5. The summed E-state index contributed by atoms with van der Waals surface area (Å²) in [6.45, 7) is -0.0819. The predicted octanol–water partition coefficient (Wildman–Crippen LogP) is 4.80. The summed E-state index contributed by atoms with van der Waals surface area (Å²) in [6.07, 6.45) is 2.00. The molecular formula is C25H25NO6S. The van der Waals surface area contributed by atoms with Gasteiger partial charge in [0.1, 0.15) is 12.4 Å². The van der Waals surface area contributed by atoms with Gasteiger partial charge in [0.2, 0.25) is 0 Å². The van der Waals surface area contributed by atoms with E-state index in [1.807, 2.05) is 36.6 Å². The number of hydrogen-bond donors (Lipinski definition) is 1. The molecular weight excluding hydrogens is 442 g/mol. The first-order valence-electron chi connectivity index (χ1n) is 10.1. The minimum absolute atomic E-state index is 0.164. The molecule has 0 aromatic heterocycles. The molecule has 0 saturated heterocycles. The second-order valence-corrected chi connectivity index (χ2v) is 7.71. The fourth-order valence-electron chi connectivity index (χ4n) is 2.95. The van der Waals surface area contributed by atoms with Crippen molar-refractivity contribution in [3.63, 3.8) is 0 Å². The Morgan fingerprint density at radius 2 is 1.61 bits per heavy atom. The summed E-state index contributed by atoms with van der Waals surface area (Å²) in [5, 5.41) is 2.73. The number of hydrogen-bond acceptors (Lipinski definition) is 7. The van der Waals surface area contributed by atoms with Gasteiger partial charge in [0.05, 0.1) is 25.5 Å². The van der Waals surface area contributed by atoms with Crippen molar-refractivity contribution in [1.29, 1.82) is 0 Å². The van der Waals surface area contributed by atoms with Crippen LogP contribution in [0, 0.1) is 0 Å². The maximum atomic E-state index is 12.5. The molecule has 1 amide bonds. The van der Waals surface area contributed by atoms with E-state index in [0.717, 1.165) is 10.5 Å². The van der Waals surface area contributed by atoms with Crippen LogP contribution in [0.2, 0.25) is 0 Å². The Hall–Kier alpha value is -3.65. The van der Waals surface area contributed by atoms with Gasteiger partial charge in [-0.25, -0.2) is 4.79 Å². The van der Waals surface area contributed by atoms with Gasteiger partial charge in [-0.15, -0.1) is 11.8 Å². The van der Waals surface area contributed by atoms with E-state index >= 15 is 0 Å². The number of carbonyl (C=O) groups excluding carboxylic acids is 2. The van der Waals surface area contributed by atoms with Crippen molar-refractivity contribution in [3.05, 3.63) is 77.9 Å². The molecule has 0 aliphatic heterocycles. The fraction of sp³-hybridized carbons (Fsp3) is 0.200. The number of para-hydroxylation sites is 2. The number of benzene rings is 3. The van der Waals surface area contributed by atoms with Crippen molar-refractivity contribution < 1.29 is 28.5 Å². The summed E-state index contributed by atoms with van der Waals surface area (Å²) in [5.74, 6) is 0.350. The van der Waals surface area contributed by atoms with Crippen molar-refractivity contribution in [1.82, 2.24) is 0 Å². The molecule has 0 unspecified atom stereocenters. The van der Waals surface area contributed by atoms with Crippen LogP contribution < -0.4 is 19.5 Å². The smallest absolute Gasteiger partial charge is 0.338 e. The number of rotatable bonds is 10. The Morgan fingerprint density at radius 3 is 2.30 bits per heavy atom. The molecule has 33 heavy (non-hydrogen) atoms. The summed E-state index contributed by atoms with van der Waals surface area (Å²) in [7, 11) is 2.99. The molecule has 0 atom stereocenters. The van der Waals surface area contributed by atoms with E-state index in [0.29, 0.717) is 28.5 Å². The van der Waals surface area contributed by atoms with Crippen LogP contribution in [0.1, 0.15) is 15.9 Å². The zero-order valence-corrected chi connectivity index (χ0v) is 19.4. The van der Waals surface area contributed by atoms with Gasteiger partial charge in [-0.2, -0.15) is 0 Å². The average molecular weight is 468 g/mol. The van der Waals surface area contributed by atoms with Crippen molar-refractivity contribution in [2.24, 2.45) is 0 Å². The molecule has 0 aliphatic carbocycles. The van der Waals surface area contributed by atoms with E-state index in [2.05, 4.69) is 5.32 Å². The average Bonchev–Trinajstić information content (AvgIpc) is 2.86. The van der Waals surface area contributed by atoms with Crippen LogP contribution in [0.5, 0.6) is 17.2 Å². The van der Waals surface area contributed by atoms with Crippen LogP contribution in [0.4, 0.5) is 5.69 Å². The lowest BCUT2D eigenvalue weighted by atomic mass is 10.2. The second-order valence-electron chi connectivity index (χ2n) is 6.83. The van der Waals surface area contributed by atoms with Gasteiger partial charge in [-0.3, -0.25) is 4.79 Å². The topological polar surface area (TPSA) is 83.1 Å². The van der Waals surface area contributed by atoms with Crippen LogP contribution in [-0.2, 0) is 16.1 Å². The molecule has 0 aliphatic rings. The van der Waals surface area contributed by atoms with E-state index in [1.54, 1.807) is 42.1 Å². The van der Waals surface area contributed by atoms with Crippen LogP contribution in [0.3, 0.4) is 0 Å². The molecule has 3 rings (SSSR count). The maximum absolute atomic E-state index is 12.5. The summed E-state index contributed by atoms with van der Waals surface area (Å²) < 4.78 is 21.5. The fourth-order valence-corrected chi connectivity index (χ4v) is 3.35. The molecule has 172 valence electrons. The highest BCUT2D eigenvalue weighted by Crippen LogP contribution is 2.29. The minimum atomic E-state index is -0.484. The highest BCUT2D eigenvalue weighted by atomic mass is 32.2. The first-order chi connectivity index (χ1) is 16.0. The van der Waals surface area contributed by atoms with Crippen LogP contribution in [0.25, 0.3) is 0 Å². The quantitative estimate of drug-likeness (QED) is 0.339. The van der Waals surface area contributed by atoms with E-state index in [9.17, 15) is 9.59 Å². The molecule has 8 heteroatoms. The first kappa shape index (κ1) is 24.0. The van der Waals surface area contributed by atoms with E-state index in [1.165, 1.54) is 20.3 Å². The number of thioether (sulfide) groups is 1. The lowest BCUT2D eigenvalue weighted by Crippen LogP contribution is -2.20.